The van der Waals surface area contributed by atoms with Crippen molar-refractivity contribution < 1.29 is 4.74 Å². The van der Waals surface area contributed by atoms with Gasteiger partial charge in [0.05, 0.1) is 12.2 Å². The molecule has 20 heavy (non-hydrogen) atoms. The molecular formula is C14H18ClN3OS. The van der Waals surface area contributed by atoms with Gasteiger partial charge in [0.1, 0.15) is 9.98 Å². The van der Waals surface area contributed by atoms with Gasteiger partial charge in [0.2, 0.25) is 5.95 Å². The van der Waals surface area contributed by atoms with Gasteiger partial charge in [-0.05, 0) is 26.3 Å². The fraction of sp³-hybridized carbons (Fsp3) is 0.571. The molecule has 0 N–H and O–H groups in total. The van der Waals surface area contributed by atoms with Crippen LogP contribution in [-0.2, 0) is 11.2 Å². The highest BCUT2D eigenvalue weighted by molar-refractivity contribution is 7.18. The van der Waals surface area contributed by atoms with E-state index in [-0.39, 0.29) is 12.2 Å². The van der Waals surface area contributed by atoms with E-state index in [1.165, 1.54) is 4.88 Å². The van der Waals surface area contributed by atoms with Crippen molar-refractivity contribution in [1.29, 1.82) is 0 Å². The Morgan fingerprint density at radius 1 is 1.35 bits per heavy atom. The van der Waals surface area contributed by atoms with E-state index in [9.17, 15) is 0 Å². The average molecular weight is 312 g/mol. The molecule has 0 aromatic carbocycles. The highest BCUT2D eigenvalue weighted by atomic mass is 35.5. The van der Waals surface area contributed by atoms with Crippen molar-refractivity contribution in [2.24, 2.45) is 0 Å². The van der Waals surface area contributed by atoms with Crippen molar-refractivity contribution in [2.75, 3.05) is 18.0 Å². The second-order valence-corrected chi connectivity index (χ2v) is 6.74. The van der Waals surface area contributed by atoms with Gasteiger partial charge in [-0.15, -0.1) is 11.3 Å². The maximum atomic E-state index is 6.32. The number of hydrogen-bond donors (Lipinski definition) is 0. The van der Waals surface area contributed by atoms with Crippen LogP contribution in [0, 0.1) is 0 Å². The Morgan fingerprint density at radius 2 is 2.05 bits per heavy atom. The van der Waals surface area contributed by atoms with Gasteiger partial charge in [0.15, 0.2) is 0 Å². The molecule has 3 heterocycles. The van der Waals surface area contributed by atoms with E-state index in [1.54, 1.807) is 11.3 Å². The van der Waals surface area contributed by atoms with Gasteiger partial charge in [-0.25, -0.2) is 9.97 Å². The summed E-state index contributed by atoms with van der Waals surface area (Å²) in [6.07, 6.45) is 1.37. The summed E-state index contributed by atoms with van der Waals surface area (Å²) in [7, 11) is 0. The van der Waals surface area contributed by atoms with Crippen LogP contribution in [0.1, 0.15) is 25.6 Å². The molecule has 2 unspecified atom stereocenters. The first-order chi connectivity index (χ1) is 9.56. The summed E-state index contributed by atoms with van der Waals surface area (Å²) in [5.74, 6) is 0.717. The minimum absolute atomic E-state index is 0.186. The number of ether oxygens (including phenoxy) is 1. The predicted molar refractivity (Wildman–Crippen MR) is 84.0 cm³/mol. The average Bonchev–Trinajstić information content (AvgIpc) is 2.81. The van der Waals surface area contributed by atoms with Crippen LogP contribution in [0.5, 0.6) is 0 Å². The summed E-state index contributed by atoms with van der Waals surface area (Å²) in [6, 6.07) is 2.09. The number of thiophene rings is 1. The van der Waals surface area contributed by atoms with Crippen molar-refractivity contribution in [3.05, 3.63) is 16.1 Å². The van der Waals surface area contributed by atoms with Crippen molar-refractivity contribution in [2.45, 2.75) is 39.4 Å². The van der Waals surface area contributed by atoms with Crippen LogP contribution < -0.4 is 4.90 Å². The third-order valence-corrected chi connectivity index (χ3v) is 4.90. The predicted octanol–water partition coefficient (Wildman–Crippen LogP) is 3.52. The number of fused-ring (bicyclic) bond motifs is 1. The van der Waals surface area contributed by atoms with Crippen LogP contribution in [0.2, 0.25) is 5.15 Å². The molecule has 0 saturated carbocycles. The number of rotatable bonds is 2. The van der Waals surface area contributed by atoms with E-state index < -0.39 is 0 Å². The minimum atomic E-state index is 0.186. The van der Waals surface area contributed by atoms with Crippen LogP contribution in [0.4, 0.5) is 5.95 Å². The number of anilines is 1. The summed E-state index contributed by atoms with van der Waals surface area (Å²) in [6.45, 7) is 7.89. The molecule has 6 heteroatoms. The summed E-state index contributed by atoms with van der Waals surface area (Å²) in [5.41, 5.74) is 0. The summed E-state index contributed by atoms with van der Waals surface area (Å²) >= 11 is 8.02. The third kappa shape index (κ3) is 2.62. The largest absolute Gasteiger partial charge is 0.372 e. The van der Waals surface area contributed by atoms with Crippen molar-refractivity contribution in [3.63, 3.8) is 0 Å². The SMILES string of the molecule is CCc1cc2c(Cl)nc(N3CC(C)OC(C)C3)nc2s1. The quantitative estimate of drug-likeness (QED) is 0.795. The number of nitrogens with zero attached hydrogens (tertiary/aromatic N) is 3. The molecular weight excluding hydrogens is 294 g/mol. The van der Waals surface area contributed by atoms with Crippen LogP contribution in [0.25, 0.3) is 10.2 Å². The first-order valence-electron chi connectivity index (χ1n) is 6.93. The Morgan fingerprint density at radius 3 is 2.70 bits per heavy atom. The van der Waals surface area contributed by atoms with Crippen LogP contribution in [0.3, 0.4) is 0 Å². The normalized spacial score (nSPS) is 23.5. The van der Waals surface area contributed by atoms with Crippen molar-refractivity contribution >= 4 is 39.1 Å². The topological polar surface area (TPSA) is 38.2 Å². The van der Waals surface area contributed by atoms with E-state index >= 15 is 0 Å². The molecule has 1 fully saturated rings. The Bertz CT molecular complexity index is 620. The second kappa shape index (κ2) is 5.47. The number of aromatic nitrogens is 2. The Hall–Kier alpha value is -0.910. The minimum Gasteiger partial charge on any atom is -0.372 e. The highest BCUT2D eigenvalue weighted by Gasteiger charge is 2.25. The van der Waals surface area contributed by atoms with Gasteiger partial charge < -0.3 is 9.64 Å². The second-order valence-electron chi connectivity index (χ2n) is 5.26. The van der Waals surface area contributed by atoms with Crippen LogP contribution in [-0.4, -0.2) is 35.3 Å². The molecule has 0 radical (unpaired) electrons. The van der Waals surface area contributed by atoms with Gasteiger partial charge in [0, 0.05) is 23.4 Å². The van der Waals surface area contributed by atoms with Crippen molar-refractivity contribution in [1.82, 2.24) is 9.97 Å². The molecule has 108 valence electrons. The standard InChI is InChI=1S/C14H18ClN3OS/c1-4-10-5-11-12(15)16-14(17-13(11)20-10)18-6-8(2)19-9(3)7-18/h5,8-9H,4,6-7H2,1-3H3. The molecule has 0 aliphatic carbocycles. The van der Waals surface area contributed by atoms with Crippen LogP contribution >= 0.6 is 22.9 Å². The number of halogens is 1. The number of morpholine rings is 1. The van der Waals surface area contributed by atoms with E-state index in [0.29, 0.717) is 11.1 Å². The molecule has 1 aliphatic rings. The third-order valence-electron chi connectivity index (χ3n) is 3.44. The van der Waals surface area contributed by atoms with E-state index in [4.69, 9.17) is 21.3 Å². The molecule has 0 amide bonds. The van der Waals surface area contributed by atoms with Gasteiger partial charge in [-0.2, -0.15) is 0 Å². The first-order valence-corrected chi connectivity index (χ1v) is 8.12. The lowest BCUT2D eigenvalue weighted by atomic mass is 10.2. The molecule has 4 nitrogen and oxygen atoms in total. The van der Waals surface area contributed by atoms with Gasteiger partial charge >= 0.3 is 0 Å². The van der Waals surface area contributed by atoms with E-state index in [1.807, 2.05) is 0 Å². The molecule has 2 atom stereocenters. The summed E-state index contributed by atoms with van der Waals surface area (Å²) in [5, 5.41) is 1.51. The maximum Gasteiger partial charge on any atom is 0.228 e. The Balaban J connectivity index is 1.99. The molecule has 2 aromatic heterocycles. The summed E-state index contributed by atoms with van der Waals surface area (Å²) in [4.78, 5) is 13.6. The molecule has 3 rings (SSSR count). The molecule has 2 aromatic rings. The zero-order chi connectivity index (χ0) is 14.3. The fourth-order valence-corrected chi connectivity index (χ4v) is 3.82. The Labute approximate surface area is 127 Å². The zero-order valence-electron chi connectivity index (χ0n) is 11.9. The highest BCUT2D eigenvalue weighted by Crippen LogP contribution is 2.31. The molecule has 1 saturated heterocycles. The zero-order valence-corrected chi connectivity index (χ0v) is 13.5. The van der Waals surface area contributed by atoms with E-state index in [2.05, 4.69) is 36.7 Å². The van der Waals surface area contributed by atoms with Gasteiger partial charge in [-0.1, -0.05) is 18.5 Å². The fourth-order valence-electron chi connectivity index (χ4n) is 2.58. The maximum absolute atomic E-state index is 6.32. The molecule has 0 bridgehead atoms. The molecule has 1 aliphatic heterocycles. The lowest BCUT2D eigenvalue weighted by Crippen LogP contribution is -2.46. The van der Waals surface area contributed by atoms with E-state index in [0.717, 1.165) is 29.7 Å². The number of hydrogen-bond acceptors (Lipinski definition) is 5. The first kappa shape index (κ1) is 14.0. The summed E-state index contributed by atoms with van der Waals surface area (Å²) < 4.78 is 5.75. The van der Waals surface area contributed by atoms with Gasteiger partial charge in [-0.3, -0.25) is 0 Å². The lowest BCUT2D eigenvalue weighted by molar-refractivity contribution is -0.00569. The number of aryl methyl sites for hydroxylation is 1. The van der Waals surface area contributed by atoms with Crippen molar-refractivity contribution in [3.8, 4) is 0 Å². The Kier molecular flexibility index (Phi) is 3.84. The lowest BCUT2D eigenvalue weighted by Gasteiger charge is -2.35. The monoisotopic (exact) mass is 311 g/mol. The van der Waals surface area contributed by atoms with Gasteiger partial charge in [0.25, 0.3) is 0 Å². The molecule has 0 spiro atoms. The van der Waals surface area contributed by atoms with Crippen LogP contribution in [0.15, 0.2) is 6.07 Å². The smallest absolute Gasteiger partial charge is 0.228 e.